The second-order valence-corrected chi connectivity index (χ2v) is 6.30. The van der Waals surface area contributed by atoms with Crippen LogP contribution in [0.25, 0.3) is 0 Å². The second-order valence-electron chi connectivity index (χ2n) is 5.22. The van der Waals surface area contributed by atoms with E-state index in [0.717, 1.165) is 11.3 Å². The first-order valence-corrected chi connectivity index (χ1v) is 7.78. The van der Waals surface area contributed by atoms with Crippen molar-refractivity contribution in [1.82, 2.24) is 4.90 Å². The average Bonchev–Trinajstić information content (AvgIpc) is 2.99. The Kier molecular flexibility index (Phi) is 3.43. The average molecular weight is 308 g/mol. The van der Waals surface area contributed by atoms with Crippen LogP contribution in [0.2, 0.25) is 0 Å². The van der Waals surface area contributed by atoms with Gasteiger partial charge in [0.15, 0.2) is 0 Å². The number of nitrogens with two attached hydrogens (primary N) is 1. The number of cyclic esters (lactones) is 1. The highest BCUT2D eigenvalue weighted by Gasteiger charge is 2.75. The predicted octanol–water partition coefficient (Wildman–Crippen LogP) is -0.295. The molecule has 21 heavy (non-hydrogen) atoms. The molecule has 0 aromatic heterocycles. The first-order valence-electron chi connectivity index (χ1n) is 6.63. The Bertz CT molecular complexity index is 576. The van der Waals surface area contributed by atoms with Crippen molar-refractivity contribution in [2.75, 3.05) is 18.2 Å². The van der Waals surface area contributed by atoms with Gasteiger partial charge in [-0.3, -0.25) is 4.79 Å². The molecule has 2 heterocycles. The number of rotatable bonds is 4. The minimum Gasteiger partial charge on any atom is -0.428 e. The number of hydrogen-bond acceptors (Lipinski definition) is 6. The molecule has 0 saturated carbocycles. The van der Waals surface area contributed by atoms with Gasteiger partial charge < -0.3 is 15.6 Å². The van der Waals surface area contributed by atoms with E-state index in [2.05, 4.69) is 0 Å². The zero-order valence-electron chi connectivity index (χ0n) is 11.3. The molecule has 0 bridgehead atoms. The number of carbonyl (C=O) groups excluding carboxylic acids is 2. The molecule has 6 nitrogen and oxygen atoms in total. The van der Waals surface area contributed by atoms with Crippen LogP contribution in [0.5, 0.6) is 0 Å². The van der Waals surface area contributed by atoms with Gasteiger partial charge >= 0.3 is 5.97 Å². The summed E-state index contributed by atoms with van der Waals surface area (Å²) in [5.41, 5.74) is 2.52. The SMILES string of the molecule is NC(=O)[C@@]1(N2CCSC2)OC(=O)[C@@]1(O)Cc1ccccc1. The van der Waals surface area contributed by atoms with E-state index in [9.17, 15) is 14.7 Å². The third-order valence-electron chi connectivity index (χ3n) is 3.97. The smallest absolute Gasteiger partial charge is 0.347 e. The highest BCUT2D eigenvalue weighted by Crippen LogP contribution is 2.45. The van der Waals surface area contributed by atoms with Gasteiger partial charge in [-0.25, -0.2) is 9.69 Å². The number of carbonyl (C=O) groups is 2. The summed E-state index contributed by atoms with van der Waals surface area (Å²) in [5, 5.41) is 10.8. The number of thioether (sulfide) groups is 1. The van der Waals surface area contributed by atoms with E-state index in [1.165, 1.54) is 0 Å². The molecule has 0 unspecified atom stereocenters. The van der Waals surface area contributed by atoms with Crippen LogP contribution in [-0.2, 0) is 20.7 Å². The number of ether oxygens (including phenoxy) is 1. The first-order chi connectivity index (χ1) is 10.0. The van der Waals surface area contributed by atoms with Crippen molar-refractivity contribution in [3.05, 3.63) is 35.9 Å². The maximum Gasteiger partial charge on any atom is 0.347 e. The minimum absolute atomic E-state index is 0.00319. The maximum absolute atomic E-state index is 12.0. The number of amides is 1. The summed E-state index contributed by atoms with van der Waals surface area (Å²) in [6.45, 7) is 0.540. The highest BCUT2D eigenvalue weighted by molar-refractivity contribution is 7.99. The first kappa shape index (κ1) is 14.4. The van der Waals surface area contributed by atoms with Crippen molar-refractivity contribution in [3.8, 4) is 0 Å². The summed E-state index contributed by atoms with van der Waals surface area (Å²) in [7, 11) is 0. The number of benzene rings is 1. The number of primary amides is 1. The Hall–Kier alpha value is -1.57. The fourth-order valence-corrected chi connectivity index (χ4v) is 3.89. The van der Waals surface area contributed by atoms with Gasteiger partial charge in [0.1, 0.15) is 0 Å². The Labute approximate surface area is 126 Å². The lowest BCUT2D eigenvalue weighted by molar-refractivity contribution is -0.297. The number of esters is 1. The molecule has 2 atom stereocenters. The van der Waals surface area contributed by atoms with Gasteiger partial charge in [-0.1, -0.05) is 30.3 Å². The molecule has 0 aliphatic carbocycles. The molecule has 2 aliphatic rings. The molecule has 2 saturated heterocycles. The second kappa shape index (κ2) is 5.01. The maximum atomic E-state index is 12.0. The zero-order valence-corrected chi connectivity index (χ0v) is 12.1. The molecule has 1 aromatic carbocycles. The van der Waals surface area contributed by atoms with Crippen molar-refractivity contribution < 1.29 is 19.4 Å². The van der Waals surface area contributed by atoms with Crippen LogP contribution in [0.1, 0.15) is 5.56 Å². The van der Waals surface area contributed by atoms with Gasteiger partial charge in [0.25, 0.3) is 11.6 Å². The fraction of sp³-hybridized carbons (Fsp3) is 0.429. The van der Waals surface area contributed by atoms with Crippen LogP contribution in [0.15, 0.2) is 30.3 Å². The zero-order chi connectivity index (χ0) is 15.1. The van der Waals surface area contributed by atoms with E-state index in [-0.39, 0.29) is 6.42 Å². The lowest BCUT2D eigenvalue weighted by Crippen LogP contribution is -2.83. The van der Waals surface area contributed by atoms with Gasteiger partial charge in [0.05, 0.1) is 0 Å². The third kappa shape index (κ3) is 1.96. The van der Waals surface area contributed by atoms with Crippen molar-refractivity contribution in [2.45, 2.75) is 17.7 Å². The summed E-state index contributed by atoms with van der Waals surface area (Å²) in [4.78, 5) is 25.5. The molecule has 1 amide bonds. The van der Waals surface area contributed by atoms with E-state index >= 15 is 0 Å². The molecule has 0 radical (unpaired) electrons. The van der Waals surface area contributed by atoms with Crippen molar-refractivity contribution in [2.24, 2.45) is 5.73 Å². The van der Waals surface area contributed by atoms with E-state index < -0.39 is 23.2 Å². The minimum atomic E-state index is -1.94. The van der Waals surface area contributed by atoms with Gasteiger partial charge in [-0.2, -0.15) is 0 Å². The largest absolute Gasteiger partial charge is 0.428 e. The Morgan fingerprint density at radius 1 is 1.43 bits per heavy atom. The molecule has 2 fully saturated rings. The van der Waals surface area contributed by atoms with Crippen LogP contribution >= 0.6 is 11.8 Å². The van der Waals surface area contributed by atoms with E-state index in [1.54, 1.807) is 40.9 Å². The van der Waals surface area contributed by atoms with Crippen molar-refractivity contribution in [1.29, 1.82) is 0 Å². The van der Waals surface area contributed by atoms with E-state index in [1.807, 2.05) is 6.07 Å². The lowest BCUT2D eigenvalue weighted by Gasteiger charge is -2.54. The number of aliphatic hydroxyl groups is 1. The third-order valence-corrected chi connectivity index (χ3v) is 4.94. The Balaban J connectivity index is 1.97. The van der Waals surface area contributed by atoms with Gasteiger partial charge in [0, 0.05) is 24.6 Å². The van der Waals surface area contributed by atoms with Crippen molar-refractivity contribution in [3.63, 3.8) is 0 Å². The molecule has 2 aliphatic heterocycles. The standard InChI is InChI=1S/C14H16N2O4S/c15-11(17)14(16-6-7-21-9-16)13(19,12(18)20-14)8-10-4-2-1-3-5-10/h1-5,19H,6-9H2,(H2,15,17)/t13-,14+/m0/s1. The Morgan fingerprint density at radius 3 is 2.67 bits per heavy atom. The molecular formula is C14H16N2O4S. The van der Waals surface area contributed by atoms with Crippen molar-refractivity contribution >= 4 is 23.6 Å². The molecule has 1 aromatic rings. The van der Waals surface area contributed by atoms with Crippen LogP contribution < -0.4 is 5.73 Å². The van der Waals surface area contributed by atoms with Gasteiger partial charge in [0.2, 0.25) is 5.60 Å². The molecular weight excluding hydrogens is 292 g/mol. The van der Waals surface area contributed by atoms with E-state index in [4.69, 9.17) is 10.5 Å². The molecule has 3 N–H and O–H groups in total. The molecule has 7 heteroatoms. The quantitative estimate of drug-likeness (QED) is 0.742. The normalized spacial score (nSPS) is 32.5. The summed E-state index contributed by atoms with van der Waals surface area (Å²) in [6.07, 6.45) is -0.00319. The summed E-state index contributed by atoms with van der Waals surface area (Å²) in [5.74, 6) is -0.341. The summed E-state index contributed by atoms with van der Waals surface area (Å²) in [6, 6.07) is 9.02. The highest BCUT2D eigenvalue weighted by atomic mass is 32.2. The Morgan fingerprint density at radius 2 is 2.14 bits per heavy atom. The topological polar surface area (TPSA) is 92.9 Å². The van der Waals surface area contributed by atoms with Crippen LogP contribution in [0.4, 0.5) is 0 Å². The molecule has 3 rings (SSSR count). The molecule has 112 valence electrons. The van der Waals surface area contributed by atoms with Gasteiger partial charge in [-0.15, -0.1) is 11.8 Å². The fourth-order valence-electron chi connectivity index (χ4n) is 2.88. The van der Waals surface area contributed by atoms with Crippen LogP contribution in [0, 0.1) is 0 Å². The lowest BCUT2D eigenvalue weighted by atomic mass is 9.77. The predicted molar refractivity (Wildman–Crippen MR) is 77.1 cm³/mol. The molecule has 0 spiro atoms. The van der Waals surface area contributed by atoms with Crippen LogP contribution in [0.3, 0.4) is 0 Å². The number of nitrogens with zero attached hydrogens (tertiary/aromatic N) is 1. The number of hydrogen-bond donors (Lipinski definition) is 2. The van der Waals surface area contributed by atoms with Gasteiger partial charge in [-0.05, 0) is 5.56 Å². The monoisotopic (exact) mass is 308 g/mol. The summed E-state index contributed by atoms with van der Waals surface area (Å²) >= 11 is 1.60. The summed E-state index contributed by atoms with van der Waals surface area (Å²) < 4.78 is 5.11. The van der Waals surface area contributed by atoms with E-state index in [0.29, 0.717) is 12.4 Å². The van der Waals surface area contributed by atoms with Crippen LogP contribution in [-0.4, -0.2) is 51.4 Å².